The summed E-state index contributed by atoms with van der Waals surface area (Å²) in [6, 6.07) is 8.32. The third kappa shape index (κ3) is 6.56. The summed E-state index contributed by atoms with van der Waals surface area (Å²) in [6.07, 6.45) is 17.1. The van der Waals surface area contributed by atoms with Crippen LogP contribution in [0.15, 0.2) is 36.9 Å². The van der Waals surface area contributed by atoms with E-state index in [1.165, 1.54) is 63.4 Å². The van der Waals surface area contributed by atoms with Gasteiger partial charge in [0.15, 0.2) is 5.78 Å². The van der Waals surface area contributed by atoms with E-state index in [1.807, 2.05) is 12.1 Å². The number of allylic oxidation sites excluding steroid dienone is 1. The third-order valence-electron chi connectivity index (χ3n) is 8.45. The van der Waals surface area contributed by atoms with Gasteiger partial charge in [-0.05, 0) is 53.9 Å². The summed E-state index contributed by atoms with van der Waals surface area (Å²) in [7, 11) is 0. The first-order chi connectivity index (χ1) is 14.1. The van der Waals surface area contributed by atoms with Gasteiger partial charge < -0.3 is 0 Å². The minimum absolute atomic E-state index is 0.0660. The molecule has 0 aromatic heterocycles. The summed E-state index contributed by atoms with van der Waals surface area (Å²) in [5.74, 6) is 0.298. The number of ketones is 1. The smallest absolute Gasteiger partial charge is 0.162 e. The van der Waals surface area contributed by atoms with Crippen molar-refractivity contribution in [2.45, 2.75) is 112 Å². The molecule has 0 spiro atoms. The highest BCUT2D eigenvalue weighted by Crippen LogP contribution is 2.47. The Labute approximate surface area is 186 Å². The molecule has 0 radical (unpaired) electrons. The highest BCUT2D eigenvalue weighted by atomic mass is 16.1. The Bertz CT molecular complexity index is 667. The molecule has 0 unspecified atom stereocenters. The number of benzene rings is 1. The van der Waals surface area contributed by atoms with E-state index < -0.39 is 0 Å². The van der Waals surface area contributed by atoms with Crippen LogP contribution in [0, 0.1) is 16.2 Å². The standard InChI is InChI=1S/C29H46O/c1-7-27(3,4)28(5,6)23-24-16-18-25(19-17-24)26(30)15-12-10-9-11-13-20-29(8-2)21-14-22-29/h7,16-19H,1,8-15,20-23H2,2-6H3. The van der Waals surface area contributed by atoms with Gasteiger partial charge in [0.1, 0.15) is 0 Å². The van der Waals surface area contributed by atoms with Crippen molar-refractivity contribution in [3.63, 3.8) is 0 Å². The van der Waals surface area contributed by atoms with Crippen molar-refractivity contribution >= 4 is 5.78 Å². The van der Waals surface area contributed by atoms with Crippen LogP contribution in [0.25, 0.3) is 0 Å². The van der Waals surface area contributed by atoms with Crippen molar-refractivity contribution in [2.24, 2.45) is 16.2 Å². The Morgan fingerprint density at radius 3 is 2.13 bits per heavy atom. The normalized spacial score (nSPS) is 16.2. The first kappa shape index (κ1) is 24.9. The van der Waals surface area contributed by atoms with Crippen LogP contribution >= 0.6 is 0 Å². The molecule has 168 valence electrons. The minimum atomic E-state index is 0.0660. The zero-order valence-corrected chi connectivity index (χ0v) is 20.5. The number of unbranched alkanes of at least 4 members (excludes halogenated alkanes) is 4. The maximum absolute atomic E-state index is 12.5. The molecule has 0 N–H and O–H groups in total. The highest BCUT2D eigenvalue weighted by Gasteiger charge is 2.34. The molecule has 1 fully saturated rings. The number of rotatable bonds is 14. The molecule has 30 heavy (non-hydrogen) atoms. The lowest BCUT2D eigenvalue weighted by molar-refractivity contribution is 0.0978. The second kappa shape index (κ2) is 10.8. The fraction of sp³-hybridized carbons (Fsp3) is 0.690. The van der Waals surface area contributed by atoms with Gasteiger partial charge in [0.25, 0.3) is 0 Å². The zero-order chi connectivity index (χ0) is 22.3. The van der Waals surface area contributed by atoms with E-state index in [0.717, 1.165) is 18.4 Å². The number of hydrogen-bond donors (Lipinski definition) is 0. The van der Waals surface area contributed by atoms with Gasteiger partial charge in [0.2, 0.25) is 0 Å². The largest absolute Gasteiger partial charge is 0.294 e. The average Bonchev–Trinajstić information content (AvgIpc) is 2.69. The predicted octanol–water partition coefficient (Wildman–Crippen LogP) is 8.96. The number of Topliss-reactive ketones (excluding diaryl/α,β-unsaturated/α-hetero) is 1. The van der Waals surface area contributed by atoms with Crippen molar-refractivity contribution < 1.29 is 4.79 Å². The Morgan fingerprint density at radius 1 is 1.00 bits per heavy atom. The lowest BCUT2D eigenvalue weighted by Crippen LogP contribution is -2.32. The second-order valence-electron chi connectivity index (χ2n) is 11.1. The van der Waals surface area contributed by atoms with Gasteiger partial charge in [0.05, 0.1) is 0 Å². The maximum atomic E-state index is 12.5. The molecular weight excluding hydrogens is 364 g/mol. The first-order valence-corrected chi connectivity index (χ1v) is 12.4. The van der Waals surface area contributed by atoms with Crippen LogP contribution in [0.2, 0.25) is 0 Å². The molecule has 1 heteroatoms. The fourth-order valence-electron chi connectivity index (χ4n) is 4.74. The van der Waals surface area contributed by atoms with Gasteiger partial charge in [0, 0.05) is 12.0 Å². The van der Waals surface area contributed by atoms with Crippen LogP contribution in [0.1, 0.15) is 121 Å². The van der Waals surface area contributed by atoms with E-state index in [9.17, 15) is 4.79 Å². The highest BCUT2D eigenvalue weighted by molar-refractivity contribution is 5.96. The SMILES string of the molecule is C=CC(C)(C)C(C)(C)Cc1ccc(C(=O)CCCCCCCC2(CC)CCC2)cc1. The summed E-state index contributed by atoms with van der Waals surface area (Å²) in [5.41, 5.74) is 3.06. The lowest BCUT2D eigenvalue weighted by Gasteiger charge is -2.41. The van der Waals surface area contributed by atoms with Gasteiger partial charge >= 0.3 is 0 Å². The van der Waals surface area contributed by atoms with E-state index in [4.69, 9.17) is 0 Å². The second-order valence-corrected chi connectivity index (χ2v) is 11.1. The Morgan fingerprint density at radius 2 is 1.60 bits per heavy atom. The van der Waals surface area contributed by atoms with Crippen molar-refractivity contribution in [1.82, 2.24) is 0 Å². The number of carbonyl (C=O) groups excluding carboxylic acids is 1. The quantitative estimate of drug-likeness (QED) is 0.170. The van der Waals surface area contributed by atoms with E-state index in [1.54, 1.807) is 0 Å². The Balaban J connectivity index is 1.67. The predicted molar refractivity (Wildman–Crippen MR) is 131 cm³/mol. The number of carbonyl (C=O) groups is 1. The molecule has 1 aromatic rings. The molecule has 0 amide bonds. The van der Waals surface area contributed by atoms with Gasteiger partial charge in [-0.3, -0.25) is 4.79 Å². The average molecular weight is 411 g/mol. The van der Waals surface area contributed by atoms with Crippen LogP contribution < -0.4 is 0 Å². The topological polar surface area (TPSA) is 17.1 Å². The monoisotopic (exact) mass is 410 g/mol. The molecule has 0 bridgehead atoms. The Kier molecular flexibility index (Phi) is 8.95. The van der Waals surface area contributed by atoms with Gasteiger partial charge in [-0.1, -0.05) is 103 Å². The Hall–Kier alpha value is -1.37. The van der Waals surface area contributed by atoms with Crippen LogP contribution in [-0.4, -0.2) is 5.78 Å². The van der Waals surface area contributed by atoms with Crippen LogP contribution in [0.3, 0.4) is 0 Å². The van der Waals surface area contributed by atoms with E-state index in [-0.39, 0.29) is 10.8 Å². The molecule has 0 atom stereocenters. The molecular formula is C29H46O. The molecule has 1 nitrogen and oxygen atoms in total. The van der Waals surface area contributed by atoms with Crippen LogP contribution in [0.4, 0.5) is 0 Å². The van der Waals surface area contributed by atoms with Gasteiger partial charge in [-0.2, -0.15) is 0 Å². The van der Waals surface area contributed by atoms with Crippen LogP contribution in [-0.2, 0) is 6.42 Å². The van der Waals surface area contributed by atoms with E-state index in [2.05, 4.69) is 59.4 Å². The molecule has 2 rings (SSSR count). The summed E-state index contributed by atoms with van der Waals surface area (Å²) in [4.78, 5) is 12.5. The summed E-state index contributed by atoms with van der Waals surface area (Å²) in [5, 5.41) is 0. The molecule has 1 aliphatic rings. The minimum Gasteiger partial charge on any atom is -0.294 e. The van der Waals surface area contributed by atoms with Gasteiger partial charge in [-0.15, -0.1) is 6.58 Å². The van der Waals surface area contributed by atoms with E-state index >= 15 is 0 Å². The molecule has 1 saturated carbocycles. The summed E-state index contributed by atoms with van der Waals surface area (Å²) in [6.45, 7) is 15.4. The fourth-order valence-corrected chi connectivity index (χ4v) is 4.74. The number of hydrogen-bond acceptors (Lipinski definition) is 1. The van der Waals surface area contributed by atoms with E-state index in [0.29, 0.717) is 17.6 Å². The molecule has 0 heterocycles. The lowest BCUT2D eigenvalue weighted by atomic mass is 9.64. The molecule has 0 saturated heterocycles. The van der Waals surface area contributed by atoms with Crippen molar-refractivity contribution in [1.29, 1.82) is 0 Å². The third-order valence-corrected chi connectivity index (χ3v) is 8.45. The maximum Gasteiger partial charge on any atom is 0.162 e. The molecule has 1 aliphatic carbocycles. The molecule has 0 aliphatic heterocycles. The van der Waals surface area contributed by atoms with Crippen molar-refractivity contribution in [2.75, 3.05) is 0 Å². The first-order valence-electron chi connectivity index (χ1n) is 12.4. The summed E-state index contributed by atoms with van der Waals surface area (Å²) >= 11 is 0. The van der Waals surface area contributed by atoms with Crippen molar-refractivity contribution in [3.8, 4) is 0 Å². The molecule has 1 aromatic carbocycles. The van der Waals surface area contributed by atoms with Crippen LogP contribution in [0.5, 0.6) is 0 Å². The van der Waals surface area contributed by atoms with Gasteiger partial charge in [-0.25, -0.2) is 0 Å². The van der Waals surface area contributed by atoms with Crippen molar-refractivity contribution in [3.05, 3.63) is 48.0 Å². The zero-order valence-electron chi connectivity index (χ0n) is 20.5. The summed E-state index contributed by atoms with van der Waals surface area (Å²) < 4.78 is 0.